The second kappa shape index (κ2) is 4.11. The van der Waals surface area contributed by atoms with Gasteiger partial charge in [-0.25, -0.2) is 4.79 Å². The minimum atomic E-state index is -1.24. The molecule has 0 fully saturated rings. The van der Waals surface area contributed by atoms with E-state index in [0.29, 0.717) is 0 Å². The number of rotatable bonds is 2. The fourth-order valence-corrected chi connectivity index (χ4v) is 0.241. The van der Waals surface area contributed by atoms with Gasteiger partial charge in [-0.2, -0.15) is 0 Å². The Labute approximate surface area is 52.2 Å². The molecule has 0 saturated carbocycles. The van der Waals surface area contributed by atoms with Gasteiger partial charge in [-0.15, -0.1) is 0 Å². The van der Waals surface area contributed by atoms with Gasteiger partial charge in [-0.3, -0.25) is 5.32 Å². The van der Waals surface area contributed by atoms with E-state index in [0.717, 1.165) is 0 Å². The Balaban J connectivity index is 3.34. The van der Waals surface area contributed by atoms with Crippen molar-refractivity contribution in [3.63, 3.8) is 0 Å². The molecule has 0 radical (unpaired) electrons. The molecule has 0 aliphatic rings. The van der Waals surface area contributed by atoms with Crippen LogP contribution in [0.3, 0.4) is 0 Å². The van der Waals surface area contributed by atoms with Crippen molar-refractivity contribution in [1.82, 2.24) is 5.32 Å². The molecule has 0 aliphatic heterocycles. The summed E-state index contributed by atoms with van der Waals surface area (Å²) in [5.74, 6) is 0. The van der Waals surface area contributed by atoms with Gasteiger partial charge >= 0.3 is 6.09 Å². The molecule has 0 bridgehead atoms. The predicted molar refractivity (Wildman–Crippen MR) is 28.6 cm³/mol. The van der Waals surface area contributed by atoms with Gasteiger partial charge in [0.05, 0.1) is 13.7 Å². The molecule has 0 aromatic rings. The average Bonchev–Trinajstić information content (AvgIpc) is 1.87. The third-order valence-corrected chi connectivity index (χ3v) is 0.643. The van der Waals surface area contributed by atoms with Gasteiger partial charge in [0.15, 0.2) is 6.23 Å². The lowest BCUT2D eigenvalue weighted by Gasteiger charge is -2.06. The molecule has 0 rings (SSSR count). The summed E-state index contributed by atoms with van der Waals surface area (Å²) in [6, 6.07) is 0. The molecule has 1 unspecified atom stereocenters. The first-order chi connectivity index (χ1) is 4.20. The Morgan fingerprint density at radius 3 is 2.78 bits per heavy atom. The highest BCUT2D eigenvalue weighted by molar-refractivity contribution is 5.67. The lowest BCUT2D eigenvalue weighted by molar-refractivity contribution is 0.0624. The van der Waals surface area contributed by atoms with Crippen LogP contribution in [0.2, 0.25) is 0 Å². The van der Waals surface area contributed by atoms with Crippen molar-refractivity contribution in [3.8, 4) is 0 Å². The topological polar surface area (TPSA) is 78.8 Å². The van der Waals surface area contributed by atoms with E-state index in [-0.39, 0.29) is 0 Å². The maximum absolute atomic E-state index is 10.2. The molecule has 9 heavy (non-hydrogen) atoms. The molecule has 5 heteroatoms. The number of amides is 1. The highest BCUT2D eigenvalue weighted by atomic mass is 16.5. The van der Waals surface area contributed by atoms with E-state index >= 15 is 0 Å². The van der Waals surface area contributed by atoms with Crippen LogP contribution in [0.5, 0.6) is 0 Å². The van der Waals surface area contributed by atoms with Crippen LogP contribution < -0.4 is 5.32 Å². The average molecular weight is 135 g/mol. The van der Waals surface area contributed by atoms with E-state index in [9.17, 15) is 4.79 Å². The monoisotopic (exact) mass is 135 g/mol. The molecule has 0 heterocycles. The molecule has 1 atom stereocenters. The zero-order chi connectivity index (χ0) is 7.28. The summed E-state index contributed by atoms with van der Waals surface area (Å²) in [4.78, 5) is 10.2. The highest BCUT2D eigenvalue weighted by Crippen LogP contribution is 1.75. The molecule has 0 spiro atoms. The zero-order valence-electron chi connectivity index (χ0n) is 5.00. The SMILES string of the molecule is COC(=O)NC(O)CO. The first-order valence-corrected chi connectivity index (χ1v) is 2.34. The Hall–Kier alpha value is -0.810. The first kappa shape index (κ1) is 8.19. The Morgan fingerprint density at radius 1 is 1.89 bits per heavy atom. The molecule has 0 aromatic carbocycles. The van der Waals surface area contributed by atoms with Crippen molar-refractivity contribution < 1.29 is 19.7 Å². The summed E-state index contributed by atoms with van der Waals surface area (Å²) in [6.07, 6.45) is -2.01. The van der Waals surface area contributed by atoms with Crippen molar-refractivity contribution in [2.45, 2.75) is 6.23 Å². The number of carbonyl (C=O) groups is 1. The molecule has 0 saturated heterocycles. The van der Waals surface area contributed by atoms with Crippen LogP contribution in [0, 0.1) is 0 Å². The summed E-state index contributed by atoms with van der Waals surface area (Å²) in [5.41, 5.74) is 0. The second-order valence-corrected chi connectivity index (χ2v) is 1.33. The number of ether oxygens (including phenoxy) is 1. The van der Waals surface area contributed by atoms with Crippen LogP contribution in [0.1, 0.15) is 0 Å². The Bertz CT molecular complexity index is 94.6. The van der Waals surface area contributed by atoms with Gasteiger partial charge in [0.1, 0.15) is 0 Å². The summed E-state index contributed by atoms with van der Waals surface area (Å²) < 4.78 is 4.10. The second-order valence-electron chi connectivity index (χ2n) is 1.33. The van der Waals surface area contributed by atoms with E-state index in [1.165, 1.54) is 7.11 Å². The van der Waals surface area contributed by atoms with E-state index in [1.54, 1.807) is 0 Å². The standard InChI is InChI=1S/C4H9NO4/c1-9-4(8)5-3(7)2-6/h3,6-7H,2H2,1H3,(H,5,8). The molecule has 5 nitrogen and oxygen atoms in total. The van der Waals surface area contributed by atoms with Gasteiger partial charge in [-0.05, 0) is 0 Å². The van der Waals surface area contributed by atoms with Crippen LogP contribution in [0.25, 0.3) is 0 Å². The van der Waals surface area contributed by atoms with Crippen LogP contribution in [-0.4, -0.2) is 36.3 Å². The minimum absolute atomic E-state index is 0.519. The zero-order valence-corrected chi connectivity index (χ0v) is 5.00. The number of methoxy groups -OCH3 is 1. The number of aliphatic hydroxyl groups is 2. The van der Waals surface area contributed by atoms with Crippen LogP contribution in [-0.2, 0) is 4.74 Å². The molecule has 0 aliphatic carbocycles. The maximum Gasteiger partial charge on any atom is 0.408 e. The van der Waals surface area contributed by atoms with Gasteiger partial charge in [-0.1, -0.05) is 0 Å². The third-order valence-electron chi connectivity index (χ3n) is 0.643. The Morgan fingerprint density at radius 2 is 2.44 bits per heavy atom. The molecular weight excluding hydrogens is 126 g/mol. The first-order valence-electron chi connectivity index (χ1n) is 2.34. The molecular formula is C4H9NO4. The van der Waals surface area contributed by atoms with Gasteiger partial charge < -0.3 is 14.9 Å². The number of alkyl carbamates (subject to hydrolysis) is 1. The molecule has 54 valence electrons. The number of hydrogen-bond donors (Lipinski definition) is 3. The smallest absolute Gasteiger partial charge is 0.408 e. The molecule has 3 N–H and O–H groups in total. The minimum Gasteiger partial charge on any atom is -0.453 e. The summed E-state index contributed by atoms with van der Waals surface area (Å²) in [5, 5.41) is 18.6. The lowest BCUT2D eigenvalue weighted by atomic mass is 10.6. The quantitative estimate of drug-likeness (QED) is 0.409. The summed E-state index contributed by atoms with van der Waals surface area (Å²) in [6.45, 7) is -0.519. The highest BCUT2D eigenvalue weighted by Gasteiger charge is 2.04. The van der Waals surface area contributed by atoms with E-state index in [2.05, 4.69) is 4.74 Å². The van der Waals surface area contributed by atoms with Crippen LogP contribution in [0.15, 0.2) is 0 Å². The summed E-state index contributed by atoms with van der Waals surface area (Å²) in [7, 11) is 1.17. The summed E-state index contributed by atoms with van der Waals surface area (Å²) >= 11 is 0. The molecule has 0 aromatic heterocycles. The van der Waals surface area contributed by atoms with Crippen molar-refractivity contribution in [1.29, 1.82) is 0 Å². The van der Waals surface area contributed by atoms with Crippen molar-refractivity contribution in [2.75, 3.05) is 13.7 Å². The van der Waals surface area contributed by atoms with Gasteiger partial charge in [0, 0.05) is 0 Å². The van der Waals surface area contributed by atoms with Crippen molar-refractivity contribution >= 4 is 6.09 Å². The molecule has 1 amide bonds. The Kier molecular flexibility index (Phi) is 3.74. The van der Waals surface area contributed by atoms with E-state index in [4.69, 9.17) is 10.2 Å². The maximum atomic E-state index is 10.2. The van der Waals surface area contributed by atoms with Crippen LogP contribution >= 0.6 is 0 Å². The lowest BCUT2D eigenvalue weighted by Crippen LogP contribution is -2.36. The van der Waals surface area contributed by atoms with Crippen LogP contribution in [0.4, 0.5) is 4.79 Å². The normalized spacial score (nSPS) is 12.3. The van der Waals surface area contributed by atoms with Crippen molar-refractivity contribution in [3.05, 3.63) is 0 Å². The fourth-order valence-electron chi connectivity index (χ4n) is 0.241. The van der Waals surface area contributed by atoms with E-state index < -0.39 is 18.9 Å². The fraction of sp³-hybridized carbons (Fsp3) is 0.750. The number of hydrogen-bond acceptors (Lipinski definition) is 4. The largest absolute Gasteiger partial charge is 0.453 e. The number of aliphatic hydroxyl groups excluding tert-OH is 2. The predicted octanol–water partition coefficient (Wildman–Crippen LogP) is -1.35. The third kappa shape index (κ3) is 3.75. The number of nitrogens with one attached hydrogen (secondary N) is 1. The van der Waals surface area contributed by atoms with Gasteiger partial charge in [0.2, 0.25) is 0 Å². The number of carbonyl (C=O) groups excluding carboxylic acids is 1. The van der Waals surface area contributed by atoms with Crippen molar-refractivity contribution in [2.24, 2.45) is 0 Å². The van der Waals surface area contributed by atoms with E-state index in [1.807, 2.05) is 5.32 Å². The van der Waals surface area contributed by atoms with Gasteiger partial charge in [0.25, 0.3) is 0 Å².